The van der Waals surface area contributed by atoms with E-state index >= 15 is 0 Å². The van der Waals surface area contributed by atoms with Crippen molar-refractivity contribution in [1.29, 1.82) is 0 Å². The van der Waals surface area contributed by atoms with Gasteiger partial charge in [0.05, 0.1) is 29.5 Å². The number of hydrogen-bond donors (Lipinski definition) is 1. The van der Waals surface area contributed by atoms with Crippen molar-refractivity contribution in [2.75, 3.05) is 12.4 Å². The Balaban J connectivity index is 1.38. The lowest BCUT2D eigenvalue weighted by Gasteiger charge is -2.08. The van der Waals surface area contributed by atoms with E-state index < -0.39 is 0 Å². The van der Waals surface area contributed by atoms with Crippen molar-refractivity contribution in [3.63, 3.8) is 0 Å². The van der Waals surface area contributed by atoms with Crippen LogP contribution in [0.1, 0.15) is 33.3 Å². The molecule has 0 spiro atoms. The van der Waals surface area contributed by atoms with Crippen molar-refractivity contribution in [3.8, 4) is 11.5 Å². The molecule has 1 amide bonds. The van der Waals surface area contributed by atoms with Gasteiger partial charge in [-0.15, -0.1) is 0 Å². The van der Waals surface area contributed by atoms with Crippen LogP contribution >= 0.6 is 15.9 Å². The fraction of sp³-hybridized carbons (Fsp3) is 0.200. The van der Waals surface area contributed by atoms with E-state index in [2.05, 4.69) is 26.3 Å². The molecule has 0 aliphatic heterocycles. The fourth-order valence-corrected chi connectivity index (χ4v) is 3.65. The number of carbonyl (C=O) groups is 1. The zero-order valence-corrected chi connectivity index (χ0v) is 20.2. The number of nitrogens with zero attached hydrogens (tertiary/aromatic N) is 2. The Kier molecular flexibility index (Phi) is 6.84. The van der Waals surface area contributed by atoms with Crippen molar-refractivity contribution in [1.82, 2.24) is 9.78 Å². The average molecular weight is 510 g/mol. The van der Waals surface area contributed by atoms with Crippen LogP contribution in [0.5, 0.6) is 11.5 Å². The van der Waals surface area contributed by atoms with E-state index in [-0.39, 0.29) is 18.3 Å². The van der Waals surface area contributed by atoms with Gasteiger partial charge in [-0.25, -0.2) is 0 Å². The highest BCUT2D eigenvalue weighted by Gasteiger charge is 2.13. The first kappa shape index (κ1) is 22.7. The molecule has 4 rings (SSSR count). The molecule has 0 unspecified atom stereocenters. The summed E-state index contributed by atoms with van der Waals surface area (Å²) >= 11 is 3.55. The maximum atomic E-state index is 12.7. The Labute approximate surface area is 200 Å². The summed E-state index contributed by atoms with van der Waals surface area (Å²) in [5.41, 5.74) is 3.71. The van der Waals surface area contributed by atoms with E-state index in [0.717, 1.165) is 21.4 Å². The monoisotopic (exact) mass is 509 g/mol. The number of furan rings is 1. The van der Waals surface area contributed by atoms with Crippen molar-refractivity contribution in [3.05, 3.63) is 93.6 Å². The molecule has 0 atom stereocenters. The number of nitrogens with one attached hydrogen (secondary N) is 1. The van der Waals surface area contributed by atoms with Crippen LogP contribution in [0.2, 0.25) is 0 Å². The van der Waals surface area contributed by atoms with Gasteiger partial charge in [-0.2, -0.15) is 5.10 Å². The molecule has 4 aromatic rings. The molecule has 2 aromatic heterocycles. The van der Waals surface area contributed by atoms with Gasteiger partial charge in [0.1, 0.15) is 23.9 Å². The predicted octanol–water partition coefficient (Wildman–Crippen LogP) is 5.74. The number of amides is 1. The summed E-state index contributed by atoms with van der Waals surface area (Å²) in [4.78, 5) is 12.7. The lowest BCUT2D eigenvalue weighted by molar-refractivity contribution is 0.0992. The van der Waals surface area contributed by atoms with Crippen LogP contribution in [0.4, 0.5) is 5.69 Å². The lowest BCUT2D eigenvalue weighted by atomic mass is 10.2. The smallest absolute Gasteiger partial charge is 0.291 e. The molecule has 0 saturated heterocycles. The van der Waals surface area contributed by atoms with Crippen LogP contribution in [-0.2, 0) is 13.2 Å². The summed E-state index contributed by atoms with van der Waals surface area (Å²) in [6.45, 7) is 4.79. The SMILES string of the molecule is COc1cccc(OCc2ccc(C(=O)Nc3cccc(Cn4nc(C)c(Br)c4C)c3)o2)c1. The van der Waals surface area contributed by atoms with Gasteiger partial charge in [0.15, 0.2) is 5.76 Å². The topological polar surface area (TPSA) is 78.5 Å². The molecule has 0 bridgehead atoms. The number of aromatic nitrogens is 2. The number of rotatable bonds is 8. The maximum absolute atomic E-state index is 12.7. The molecule has 2 aromatic carbocycles. The van der Waals surface area contributed by atoms with Gasteiger partial charge >= 0.3 is 0 Å². The Morgan fingerprint density at radius 2 is 1.88 bits per heavy atom. The summed E-state index contributed by atoms with van der Waals surface area (Å²) < 4.78 is 19.5. The van der Waals surface area contributed by atoms with Gasteiger partial charge in [-0.3, -0.25) is 9.48 Å². The zero-order chi connectivity index (χ0) is 23.4. The van der Waals surface area contributed by atoms with Crippen LogP contribution in [0.25, 0.3) is 0 Å². The quantitative estimate of drug-likeness (QED) is 0.327. The fourth-order valence-electron chi connectivity index (χ4n) is 3.37. The normalized spacial score (nSPS) is 10.8. The molecule has 7 nitrogen and oxygen atoms in total. The number of anilines is 1. The van der Waals surface area contributed by atoms with E-state index in [4.69, 9.17) is 13.9 Å². The summed E-state index contributed by atoms with van der Waals surface area (Å²) in [6, 6.07) is 18.3. The average Bonchev–Trinajstić information content (AvgIpc) is 3.39. The van der Waals surface area contributed by atoms with Gasteiger partial charge in [-0.1, -0.05) is 18.2 Å². The Bertz CT molecular complexity index is 1280. The summed E-state index contributed by atoms with van der Waals surface area (Å²) in [6.07, 6.45) is 0. The van der Waals surface area contributed by atoms with Gasteiger partial charge in [0.25, 0.3) is 5.91 Å². The van der Waals surface area contributed by atoms with E-state index in [1.807, 2.05) is 61.0 Å². The first-order chi connectivity index (χ1) is 15.9. The largest absolute Gasteiger partial charge is 0.497 e. The standard InChI is InChI=1S/C25H24BrN3O4/c1-16-24(26)17(2)29(28-16)14-18-6-4-7-19(12-18)27-25(30)23-11-10-22(33-23)15-32-21-9-5-8-20(13-21)31-3/h4-13H,14-15H2,1-3H3,(H,27,30). The van der Waals surface area contributed by atoms with Crippen LogP contribution < -0.4 is 14.8 Å². The van der Waals surface area contributed by atoms with E-state index in [1.165, 1.54) is 0 Å². The molecule has 33 heavy (non-hydrogen) atoms. The summed E-state index contributed by atoms with van der Waals surface area (Å²) in [7, 11) is 1.60. The molecule has 8 heteroatoms. The number of ether oxygens (including phenoxy) is 2. The summed E-state index contributed by atoms with van der Waals surface area (Å²) in [5, 5.41) is 7.43. The lowest BCUT2D eigenvalue weighted by Crippen LogP contribution is -2.11. The molecule has 2 heterocycles. The minimum Gasteiger partial charge on any atom is -0.497 e. The summed E-state index contributed by atoms with van der Waals surface area (Å²) in [5.74, 6) is 1.80. The molecule has 170 valence electrons. The highest BCUT2D eigenvalue weighted by molar-refractivity contribution is 9.10. The Morgan fingerprint density at radius 3 is 2.64 bits per heavy atom. The van der Waals surface area contributed by atoms with E-state index in [0.29, 0.717) is 29.5 Å². The number of carbonyl (C=O) groups excluding carboxylic acids is 1. The van der Waals surface area contributed by atoms with Gasteiger partial charge in [0, 0.05) is 11.8 Å². The second-order valence-corrected chi connectivity index (χ2v) is 8.32. The highest BCUT2D eigenvalue weighted by atomic mass is 79.9. The molecule has 0 saturated carbocycles. The third-order valence-electron chi connectivity index (χ3n) is 5.12. The van der Waals surface area contributed by atoms with Crippen molar-refractivity contribution < 1.29 is 18.7 Å². The number of hydrogen-bond acceptors (Lipinski definition) is 5. The van der Waals surface area contributed by atoms with Crippen molar-refractivity contribution in [2.45, 2.75) is 27.0 Å². The highest BCUT2D eigenvalue weighted by Crippen LogP contribution is 2.22. The molecule has 0 fully saturated rings. The number of aryl methyl sites for hydroxylation is 1. The van der Waals surface area contributed by atoms with Crippen molar-refractivity contribution in [2.24, 2.45) is 0 Å². The molecular weight excluding hydrogens is 486 g/mol. The predicted molar refractivity (Wildman–Crippen MR) is 129 cm³/mol. The van der Waals surface area contributed by atoms with Gasteiger partial charge < -0.3 is 19.2 Å². The minimum absolute atomic E-state index is 0.203. The zero-order valence-electron chi connectivity index (χ0n) is 18.6. The maximum Gasteiger partial charge on any atom is 0.291 e. The van der Waals surface area contributed by atoms with E-state index in [1.54, 1.807) is 25.3 Å². The Hall–Kier alpha value is -3.52. The first-order valence-electron chi connectivity index (χ1n) is 10.4. The molecule has 0 aliphatic rings. The molecule has 1 N–H and O–H groups in total. The van der Waals surface area contributed by atoms with Gasteiger partial charge in [0.2, 0.25) is 0 Å². The number of halogens is 1. The van der Waals surface area contributed by atoms with Crippen LogP contribution in [0, 0.1) is 13.8 Å². The third-order valence-corrected chi connectivity index (χ3v) is 6.27. The second kappa shape index (κ2) is 9.95. The Morgan fingerprint density at radius 1 is 1.09 bits per heavy atom. The van der Waals surface area contributed by atoms with Gasteiger partial charge in [-0.05, 0) is 71.7 Å². The number of benzene rings is 2. The number of methoxy groups -OCH3 is 1. The van der Waals surface area contributed by atoms with Crippen LogP contribution in [0.15, 0.2) is 69.6 Å². The van der Waals surface area contributed by atoms with Crippen molar-refractivity contribution >= 4 is 27.5 Å². The van der Waals surface area contributed by atoms with E-state index in [9.17, 15) is 4.79 Å². The first-order valence-corrected chi connectivity index (χ1v) is 11.2. The second-order valence-electron chi connectivity index (χ2n) is 7.53. The molecule has 0 aliphatic carbocycles. The molecule has 0 radical (unpaired) electrons. The minimum atomic E-state index is -0.325. The molecular formula is C25H24BrN3O4. The van der Waals surface area contributed by atoms with Crippen LogP contribution in [0.3, 0.4) is 0 Å². The third kappa shape index (κ3) is 5.46. The van der Waals surface area contributed by atoms with Crippen LogP contribution in [-0.4, -0.2) is 22.8 Å².